The number of rotatable bonds is 11. The molecule has 168 valence electrons. The Morgan fingerprint density at radius 2 is 1.42 bits per heavy atom. The summed E-state index contributed by atoms with van der Waals surface area (Å²) in [7, 11) is 0. The van der Waals surface area contributed by atoms with Crippen molar-refractivity contribution in [3.63, 3.8) is 0 Å². The SMILES string of the molecule is C=CCC(C=C)C(C)(C=CC)Sc1ccc(Sc2ccc(C(=O)c3ccccc3)cc2)cc1. The molecule has 0 aliphatic carbocycles. The molecule has 0 saturated heterocycles. The highest BCUT2D eigenvalue weighted by atomic mass is 32.2. The lowest BCUT2D eigenvalue weighted by Crippen LogP contribution is -2.27. The normalized spacial score (nSPS) is 13.9. The number of thioether (sulfide) groups is 1. The van der Waals surface area contributed by atoms with Gasteiger partial charge in [0.05, 0.1) is 0 Å². The van der Waals surface area contributed by atoms with E-state index in [1.165, 1.54) is 9.79 Å². The van der Waals surface area contributed by atoms with Crippen molar-refractivity contribution in [3.05, 3.63) is 127 Å². The van der Waals surface area contributed by atoms with Crippen molar-refractivity contribution in [2.75, 3.05) is 0 Å². The first kappa shape index (κ1) is 24.9. The van der Waals surface area contributed by atoms with Crippen LogP contribution < -0.4 is 0 Å². The molecule has 1 nitrogen and oxygen atoms in total. The summed E-state index contributed by atoms with van der Waals surface area (Å²) < 4.78 is -0.0829. The van der Waals surface area contributed by atoms with Crippen molar-refractivity contribution in [2.24, 2.45) is 5.92 Å². The number of hydrogen-bond acceptors (Lipinski definition) is 3. The standard InChI is InChI=1S/C30H30OS2/c1-5-11-25(7-3)30(4,22-6-2)33-28-20-18-27(19-21-28)32-26-16-14-24(15-17-26)29(31)23-12-9-8-10-13-23/h5-10,12-22,25H,1,3,11H2,2,4H3. The van der Waals surface area contributed by atoms with Crippen molar-refractivity contribution >= 4 is 29.3 Å². The molecule has 0 aliphatic rings. The van der Waals surface area contributed by atoms with E-state index in [9.17, 15) is 4.79 Å². The van der Waals surface area contributed by atoms with Crippen LogP contribution in [0.5, 0.6) is 0 Å². The summed E-state index contributed by atoms with van der Waals surface area (Å²) in [6.07, 6.45) is 9.27. The average Bonchev–Trinajstić information content (AvgIpc) is 2.84. The van der Waals surface area contributed by atoms with Gasteiger partial charge in [-0.05, 0) is 74.7 Å². The molecule has 3 aromatic carbocycles. The van der Waals surface area contributed by atoms with Crippen LogP contribution in [0.1, 0.15) is 36.2 Å². The van der Waals surface area contributed by atoms with Gasteiger partial charge in [0.1, 0.15) is 0 Å². The lowest BCUT2D eigenvalue weighted by Gasteiger charge is -2.32. The largest absolute Gasteiger partial charge is 0.289 e. The zero-order chi connectivity index (χ0) is 23.7. The van der Waals surface area contributed by atoms with Gasteiger partial charge in [0.2, 0.25) is 0 Å². The molecule has 0 saturated carbocycles. The van der Waals surface area contributed by atoms with Gasteiger partial charge >= 0.3 is 0 Å². The van der Waals surface area contributed by atoms with Gasteiger partial charge in [-0.25, -0.2) is 0 Å². The molecule has 0 amide bonds. The third-order valence-electron chi connectivity index (χ3n) is 5.49. The van der Waals surface area contributed by atoms with Crippen LogP contribution in [0.4, 0.5) is 0 Å². The van der Waals surface area contributed by atoms with E-state index in [2.05, 4.69) is 63.4 Å². The van der Waals surface area contributed by atoms with E-state index < -0.39 is 0 Å². The maximum absolute atomic E-state index is 12.6. The Labute approximate surface area is 206 Å². The van der Waals surface area contributed by atoms with Gasteiger partial charge in [0.15, 0.2) is 5.78 Å². The highest BCUT2D eigenvalue weighted by Gasteiger charge is 2.30. The Hall–Kier alpha value is -2.75. The maximum atomic E-state index is 12.6. The molecule has 0 spiro atoms. The number of carbonyl (C=O) groups is 1. The molecule has 0 radical (unpaired) electrons. The van der Waals surface area contributed by atoms with Crippen LogP contribution in [0.25, 0.3) is 0 Å². The smallest absolute Gasteiger partial charge is 0.193 e. The van der Waals surface area contributed by atoms with E-state index in [0.29, 0.717) is 17.0 Å². The highest BCUT2D eigenvalue weighted by Crippen LogP contribution is 2.42. The van der Waals surface area contributed by atoms with Gasteiger partial charge in [0, 0.05) is 30.6 Å². The Kier molecular flexibility index (Phi) is 8.99. The van der Waals surface area contributed by atoms with Crippen LogP contribution in [0.3, 0.4) is 0 Å². The van der Waals surface area contributed by atoms with Crippen molar-refractivity contribution in [3.8, 4) is 0 Å². The number of hydrogen-bond donors (Lipinski definition) is 0. The van der Waals surface area contributed by atoms with Crippen LogP contribution in [0.15, 0.2) is 131 Å². The average molecular weight is 471 g/mol. The van der Waals surface area contributed by atoms with Gasteiger partial charge in [-0.15, -0.1) is 24.9 Å². The van der Waals surface area contributed by atoms with Crippen LogP contribution in [-0.4, -0.2) is 10.5 Å². The molecule has 0 bridgehead atoms. The quantitative estimate of drug-likeness (QED) is 0.158. The summed E-state index contributed by atoms with van der Waals surface area (Å²) in [4.78, 5) is 16.1. The van der Waals surface area contributed by atoms with E-state index >= 15 is 0 Å². The van der Waals surface area contributed by atoms with Crippen molar-refractivity contribution in [1.82, 2.24) is 0 Å². The zero-order valence-electron chi connectivity index (χ0n) is 19.2. The van der Waals surface area contributed by atoms with Gasteiger partial charge in [-0.3, -0.25) is 4.79 Å². The monoisotopic (exact) mass is 470 g/mol. The van der Waals surface area contributed by atoms with E-state index in [1.54, 1.807) is 11.8 Å². The summed E-state index contributed by atoms with van der Waals surface area (Å²) in [5, 5.41) is 0. The molecule has 0 aromatic heterocycles. The third kappa shape index (κ3) is 6.63. The molecular formula is C30H30OS2. The molecular weight excluding hydrogens is 440 g/mol. The first-order valence-electron chi connectivity index (χ1n) is 11.0. The van der Waals surface area contributed by atoms with Crippen molar-refractivity contribution < 1.29 is 4.79 Å². The highest BCUT2D eigenvalue weighted by molar-refractivity contribution is 8.01. The van der Waals surface area contributed by atoms with Gasteiger partial charge in [-0.2, -0.15) is 0 Å². The molecule has 0 fully saturated rings. The van der Waals surface area contributed by atoms with E-state index in [0.717, 1.165) is 11.3 Å². The molecule has 2 unspecified atom stereocenters. The van der Waals surface area contributed by atoms with Gasteiger partial charge in [-0.1, -0.05) is 66.4 Å². The van der Waals surface area contributed by atoms with Crippen LogP contribution in [0, 0.1) is 5.92 Å². The van der Waals surface area contributed by atoms with Crippen LogP contribution >= 0.6 is 23.5 Å². The number of ketones is 1. The first-order valence-corrected chi connectivity index (χ1v) is 12.7. The Morgan fingerprint density at radius 3 is 1.97 bits per heavy atom. The van der Waals surface area contributed by atoms with Crippen molar-refractivity contribution in [1.29, 1.82) is 0 Å². The molecule has 0 N–H and O–H groups in total. The fraction of sp³-hybridized carbons (Fsp3) is 0.167. The summed E-state index contributed by atoms with van der Waals surface area (Å²) in [6.45, 7) is 12.3. The third-order valence-corrected chi connectivity index (χ3v) is 7.89. The number of benzene rings is 3. The lowest BCUT2D eigenvalue weighted by molar-refractivity contribution is 0.103. The predicted octanol–water partition coefficient (Wildman–Crippen LogP) is 8.87. The van der Waals surface area contributed by atoms with E-state index in [1.807, 2.05) is 78.5 Å². The zero-order valence-corrected chi connectivity index (χ0v) is 20.9. The molecule has 3 rings (SSSR count). The minimum absolute atomic E-state index is 0.0481. The van der Waals surface area contributed by atoms with Crippen LogP contribution in [-0.2, 0) is 0 Å². The molecule has 0 heterocycles. The molecule has 3 heteroatoms. The number of allylic oxidation sites excluding steroid dienone is 3. The Bertz CT molecular complexity index is 1100. The minimum atomic E-state index is -0.0829. The first-order chi connectivity index (χ1) is 16.0. The van der Waals surface area contributed by atoms with Crippen LogP contribution in [0.2, 0.25) is 0 Å². The van der Waals surface area contributed by atoms with Gasteiger partial charge in [0.25, 0.3) is 0 Å². The Morgan fingerprint density at radius 1 is 0.879 bits per heavy atom. The van der Waals surface area contributed by atoms with E-state index in [4.69, 9.17) is 0 Å². The second kappa shape index (κ2) is 11.9. The summed E-state index contributed by atoms with van der Waals surface area (Å²) in [5.74, 6) is 0.356. The lowest BCUT2D eigenvalue weighted by atomic mass is 9.89. The predicted molar refractivity (Wildman–Crippen MR) is 144 cm³/mol. The molecule has 33 heavy (non-hydrogen) atoms. The minimum Gasteiger partial charge on any atom is -0.289 e. The molecule has 2 atom stereocenters. The second-order valence-corrected chi connectivity index (χ2v) is 10.6. The maximum Gasteiger partial charge on any atom is 0.193 e. The second-order valence-electron chi connectivity index (χ2n) is 7.95. The molecule has 0 aliphatic heterocycles. The summed E-state index contributed by atoms with van der Waals surface area (Å²) in [6, 6.07) is 25.9. The van der Waals surface area contributed by atoms with Gasteiger partial charge < -0.3 is 0 Å². The summed E-state index contributed by atoms with van der Waals surface area (Å²) >= 11 is 3.55. The fourth-order valence-corrected chi connectivity index (χ4v) is 5.85. The van der Waals surface area contributed by atoms with Crippen molar-refractivity contribution in [2.45, 2.75) is 39.7 Å². The fourth-order valence-electron chi connectivity index (χ4n) is 3.70. The van der Waals surface area contributed by atoms with E-state index in [-0.39, 0.29) is 10.5 Å². The number of carbonyl (C=O) groups excluding carboxylic acids is 1. The topological polar surface area (TPSA) is 17.1 Å². The Balaban J connectivity index is 1.68. The molecule has 3 aromatic rings. The summed E-state index contributed by atoms with van der Waals surface area (Å²) in [5.41, 5.74) is 1.42.